The van der Waals surface area contributed by atoms with Gasteiger partial charge in [0.2, 0.25) is 0 Å². The second-order valence-corrected chi connectivity index (χ2v) is 4.82. The first kappa shape index (κ1) is 7.04. The van der Waals surface area contributed by atoms with Gasteiger partial charge in [-0.3, -0.25) is 0 Å². The van der Waals surface area contributed by atoms with Crippen molar-refractivity contribution in [3.8, 4) is 11.1 Å². The minimum absolute atomic E-state index is 0.0264. The lowest BCUT2D eigenvalue weighted by Gasteiger charge is -2.11. The highest BCUT2D eigenvalue weighted by Crippen LogP contribution is 2.36. The Morgan fingerprint density at radius 3 is 2.65 bits per heavy atom. The first-order chi connectivity index (χ1) is 12.6. The molecule has 0 unspecified atom stereocenters. The van der Waals surface area contributed by atoms with E-state index in [1.165, 1.54) is 18.2 Å². The first-order valence-electron chi connectivity index (χ1n) is 9.11. The molecule has 2 nitrogen and oxygen atoms in total. The number of carbonyl (C=O) groups is 1. The van der Waals surface area contributed by atoms with Crippen LogP contribution >= 0.6 is 15.9 Å². The predicted octanol–water partition coefficient (Wildman–Crippen LogP) is 4.97. The van der Waals surface area contributed by atoms with Gasteiger partial charge in [0.05, 0.1) is 15.2 Å². The molecule has 0 saturated heterocycles. The Hall–Kier alpha value is -2.13. The largest absolute Gasteiger partial charge is 0.478 e. The minimum Gasteiger partial charge on any atom is -0.478 e. The number of rotatable bonds is 2. The van der Waals surface area contributed by atoms with Crippen molar-refractivity contribution >= 4 is 32.7 Å². The number of fused-ring (bicyclic) bond motifs is 1. The van der Waals surface area contributed by atoms with Crippen LogP contribution in [0.4, 0.5) is 0 Å². The molecule has 1 N–H and O–H groups in total. The molecule has 0 aliphatic rings. The Morgan fingerprint density at radius 1 is 1.10 bits per heavy atom. The lowest BCUT2D eigenvalue weighted by atomic mass is 9.95. The molecule has 3 aromatic rings. The topological polar surface area (TPSA) is 37.3 Å². The molecule has 0 spiro atoms. The lowest BCUT2D eigenvalue weighted by molar-refractivity contribution is 0.0697. The lowest BCUT2D eigenvalue weighted by Crippen LogP contribution is -2.00. The Kier molecular flexibility index (Phi) is 1.80. The molecule has 0 amide bonds. The summed E-state index contributed by atoms with van der Waals surface area (Å²) >= 11 is 3.24. The standard InChI is InChI=1S/C17H11BrO2/c18-15-10-4-9-14(17(19)20)16(15)13-8-3-6-11-5-1-2-7-12(11)13/h1-10H,(H,19,20)/i1D,2D,3D,5D,6D,7D,8D. The van der Waals surface area contributed by atoms with E-state index in [0.717, 1.165) is 0 Å². The molecule has 0 atom stereocenters. The average Bonchev–Trinajstić information content (AvgIpc) is 2.62. The Labute approximate surface area is 134 Å². The second kappa shape index (κ2) is 5.10. The summed E-state index contributed by atoms with van der Waals surface area (Å²) in [5, 5.41) is 9.17. The van der Waals surface area contributed by atoms with Crippen molar-refractivity contribution in [2.24, 2.45) is 0 Å². The van der Waals surface area contributed by atoms with Gasteiger partial charge in [-0.15, -0.1) is 0 Å². The van der Waals surface area contributed by atoms with Gasteiger partial charge in [-0.2, -0.15) is 0 Å². The number of aromatic carboxylic acids is 1. The molecule has 0 aliphatic heterocycles. The van der Waals surface area contributed by atoms with Crippen LogP contribution in [-0.2, 0) is 0 Å². The van der Waals surface area contributed by atoms with Gasteiger partial charge in [-0.25, -0.2) is 4.79 Å². The molecule has 0 fully saturated rings. The Balaban J connectivity index is 2.71. The van der Waals surface area contributed by atoms with Gasteiger partial charge in [-0.1, -0.05) is 64.3 Å². The van der Waals surface area contributed by atoms with Crippen LogP contribution in [-0.4, -0.2) is 11.1 Å². The van der Waals surface area contributed by atoms with E-state index in [1.807, 2.05) is 0 Å². The van der Waals surface area contributed by atoms with Crippen molar-refractivity contribution in [3.05, 3.63) is 70.5 Å². The maximum Gasteiger partial charge on any atom is 0.336 e. The van der Waals surface area contributed by atoms with E-state index in [1.54, 1.807) is 0 Å². The molecular weight excluding hydrogens is 316 g/mol. The molecular formula is C17H11BrO2. The van der Waals surface area contributed by atoms with Crippen molar-refractivity contribution in [1.82, 2.24) is 0 Å². The van der Waals surface area contributed by atoms with E-state index in [-0.39, 0.29) is 27.5 Å². The molecule has 0 aromatic heterocycles. The van der Waals surface area contributed by atoms with Crippen LogP contribution in [0, 0.1) is 0 Å². The minimum atomic E-state index is -1.29. The van der Waals surface area contributed by atoms with Crippen LogP contribution in [0.3, 0.4) is 0 Å². The van der Waals surface area contributed by atoms with Crippen LogP contribution in [0.15, 0.2) is 65.0 Å². The van der Waals surface area contributed by atoms with Gasteiger partial charge in [0, 0.05) is 10.0 Å². The van der Waals surface area contributed by atoms with Crippen molar-refractivity contribution in [1.29, 1.82) is 0 Å². The zero-order valence-corrected chi connectivity index (χ0v) is 11.6. The van der Waals surface area contributed by atoms with E-state index >= 15 is 0 Å². The molecule has 3 rings (SSSR count). The highest BCUT2D eigenvalue weighted by molar-refractivity contribution is 9.10. The van der Waals surface area contributed by atoms with Gasteiger partial charge >= 0.3 is 5.97 Å². The fraction of sp³-hybridized carbons (Fsp3) is 0. The zero-order chi connectivity index (χ0) is 20.2. The summed E-state index contributed by atoms with van der Waals surface area (Å²) in [6.07, 6.45) is 0. The highest BCUT2D eigenvalue weighted by Gasteiger charge is 2.16. The van der Waals surface area contributed by atoms with Crippen LogP contribution < -0.4 is 0 Å². The molecule has 0 saturated carbocycles. The third-order valence-electron chi connectivity index (χ3n) is 2.81. The van der Waals surface area contributed by atoms with Gasteiger partial charge < -0.3 is 5.11 Å². The monoisotopic (exact) mass is 333 g/mol. The van der Waals surface area contributed by atoms with Crippen LogP contribution in [0.25, 0.3) is 21.9 Å². The predicted molar refractivity (Wildman–Crippen MR) is 84.0 cm³/mol. The molecule has 20 heavy (non-hydrogen) atoms. The van der Waals surface area contributed by atoms with E-state index in [4.69, 9.17) is 9.60 Å². The third-order valence-corrected chi connectivity index (χ3v) is 3.47. The second-order valence-electron chi connectivity index (χ2n) is 3.97. The van der Waals surface area contributed by atoms with Crippen LogP contribution in [0.2, 0.25) is 0 Å². The molecule has 0 radical (unpaired) electrons. The smallest absolute Gasteiger partial charge is 0.336 e. The summed E-state index contributed by atoms with van der Waals surface area (Å²) in [6.45, 7) is 0. The number of halogens is 1. The van der Waals surface area contributed by atoms with E-state index < -0.39 is 48.3 Å². The van der Waals surface area contributed by atoms with Crippen LogP contribution in [0.5, 0.6) is 0 Å². The first-order valence-corrected chi connectivity index (χ1v) is 6.40. The fourth-order valence-corrected chi connectivity index (χ4v) is 2.52. The van der Waals surface area contributed by atoms with E-state index in [9.17, 15) is 9.90 Å². The molecule has 3 heteroatoms. The summed E-state index contributed by atoms with van der Waals surface area (Å²) in [5.41, 5.74) is -0.287. The maximum atomic E-state index is 11.7. The number of benzene rings is 3. The Morgan fingerprint density at radius 2 is 1.85 bits per heavy atom. The summed E-state index contributed by atoms with van der Waals surface area (Å²) in [7, 11) is 0. The summed E-state index contributed by atoms with van der Waals surface area (Å²) in [6, 6.07) is 0.678. The Bertz CT molecular complexity index is 1140. The van der Waals surface area contributed by atoms with Crippen molar-refractivity contribution < 1.29 is 19.5 Å². The molecule has 0 bridgehead atoms. The molecule has 0 heterocycles. The van der Waals surface area contributed by atoms with Gasteiger partial charge in [0.25, 0.3) is 0 Å². The van der Waals surface area contributed by atoms with Gasteiger partial charge in [-0.05, 0) is 28.5 Å². The van der Waals surface area contributed by atoms with Gasteiger partial charge in [0.1, 0.15) is 0 Å². The number of hydrogen-bond donors (Lipinski definition) is 1. The molecule has 0 aliphatic carbocycles. The van der Waals surface area contributed by atoms with Gasteiger partial charge in [0.15, 0.2) is 0 Å². The van der Waals surface area contributed by atoms with Crippen molar-refractivity contribution in [2.75, 3.05) is 0 Å². The average molecular weight is 334 g/mol. The normalized spacial score (nSPS) is 15.6. The third kappa shape index (κ3) is 2.10. The summed E-state index contributed by atoms with van der Waals surface area (Å²) in [4.78, 5) is 11.7. The van der Waals surface area contributed by atoms with E-state index in [0.29, 0.717) is 4.47 Å². The summed E-state index contributed by atoms with van der Waals surface area (Å²) < 4.78 is 56.9. The fourth-order valence-electron chi connectivity index (χ4n) is 1.96. The number of carboxylic acids is 1. The maximum absolute atomic E-state index is 11.7. The van der Waals surface area contributed by atoms with Crippen molar-refractivity contribution in [3.63, 3.8) is 0 Å². The zero-order valence-electron chi connectivity index (χ0n) is 17.0. The quantitative estimate of drug-likeness (QED) is 0.719. The summed E-state index contributed by atoms with van der Waals surface area (Å²) in [5.74, 6) is -1.29. The number of carboxylic acid groups (broad SMARTS) is 1. The highest BCUT2D eigenvalue weighted by atomic mass is 79.9. The van der Waals surface area contributed by atoms with Crippen LogP contribution in [0.1, 0.15) is 20.0 Å². The molecule has 98 valence electrons. The van der Waals surface area contributed by atoms with Crippen molar-refractivity contribution in [2.45, 2.75) is 0 Å². The molecule has 3 aromatic carbocycles. The van der Waals surface area contributed by atoms with E-state index in [2.05, 4.69) is 15.9 Å². The SMILES string of the molecule is [2H]c1c([2H])c([2H])c2c(-c3c(Br)cccc3C(=O)O)c([2H])c([2H])c([2H])c2c1[2H]. The number of hydrogen-bond acceptors (Lipinski definition) is 1.